The first kappa shape index (κ1) is 12.9. The highest BCUT2D eigenvalue weighted by Crippen LogP contribution is 2.51. The van der Waals surface area contributed by atoms with Gasteiger partial charge in [0.2, 0.25) is 0 Å². The Morgan fingerprint density at radius 3 is 2.24 bits per heavy atom. The summed E-state index contributed by atoms with van der Waals surface area (Å²) in [6.07, 6.45) is 2.97. The summed E-state index contributed by atoms with van der Waals surface area (Å²) in [7, 11) is 0. The van der Waals surface area contributed by atoms with Crippen LogP contribution in [0.1, 0.15) is 54.9 Å². The minimum absolute atomic E-state index is 0.00750. The third-order valence-corrected chi connectivity index (χ3v) is 3.72. The average Bonchev–Trinajstić information content (AvgIpc) is 2.35. The summed E-state index contributed by atoms with van der Waals surface area (Å²) in [5.74, 6) is 1.02. The van der Waals surface area contributed by atoms with E-state index in [-0.39, 0.29) is 16.4 Å². The molecule has 0 spiro atoms. The van der Waals surface area contributed by atoms with Crippen LogP contribution < -0.4 is 5.48 Å². The van der Waals surface area contributed by atoms with Crippen molar-refractivity contribution >= 4 is 0 Å². The van der Waals surface area contributed by atoms with Crippen LogP contribution in [0.3, 0.4) is 0 Å². The van der Waals surface area contributed by atoms with Crippen LogP contribution in [-0.2, 0) is 9.57 Å². The molecule has 0 amide bonds. The van der Waals surface area contributed by atoms with Crippen molar-refractivity contribution in [2.75, 3.05) is 0 Å². The fraction of sp³-hybridized carbons (Fsp3) is 0.857. The molecule has 2 bridgehead atoms. The lowest BCUT2D eigenvalue weighted by Crippen LogP contribution is -2.54. The molecule has 98 valence electrons. The van der Waals surface area contributed by atoms with E-state index >= 15 is 0 Å². The molecular weight excluding hydrogens is 214 g/mol. The summed E-state index contributed by atoms with van der Waals surface area (Å²) in [6.45, 7) is 15.2. The van der Waals surface area contributed by atoms with Crippen LogP contribution in [0.25, 0.3) is 0 Å². The Kier molecular flexibility index (Phi) is 2.48. The van der Waals surface area contributed by atoms with Crippen LogP contribution in [-0.4, -0.2) is 11.3 Å². The van der Waals surface area contributed by atoms with Crippen LogP contribution in [0, 0.1) is 10.8 Å². The first-order valence-electron chi connectivity index (χ1n) is 6.35. The SMILES string of the molecule is CC12C=C(C(C)(C)C)OC(C(C)(C)C)(C1)NO2. The van der Waals surface area contributed by atoms with E-state index in [1.54, 1.807) is 0 Å². The molecule has 0 aromatic carbocycles. The Labute approximate surface area is 105 Å². The van der Waals surface area contributed by atoms with Crippen molar-refractivity contribution in [3.8, 4) is 0 Å². The van der Waals surface area contributed by atoms with Gasteiger partial charge in [0.1, 0.15) is 11.4 Å². The van der Waals surface area contributed by atoms with E-state index in [0.717, 1.165) is 12.2 Å². The van der Waals surface area contributed by atoms with Crippen molar-refractivity contribution in [2.45, 2.75) is 66.2 Å². The summed E-state index contributed by atoms with van der Waals surface area (Å²) in [5, 5.41) is 0. The smallest absolute Gasteiger partial charge is 0.189 e. The first-order chi connectivity index (χ1) is 7.48. The summed E-state index contributed by atoms with van der Waals surface area (Å²) in [5.41, 5.74) is 2.46. The summed E-state index contributed by atoms with van der Waals surface area (Å²) in [6, 6.07) is 0. The van der Waals surface area contributed by atoms with Gasteiger partial charge in [0.05, 0.1) is 0 Å². The number of fused-ring (bicyclic) bond motifs is 2. The van der Waals surface area contributed by atoms with Gasteiger partial charge in [0.15, 0.2) is 5.72 Å². The molecular formula is C14H25NO2. The highest BCUT2D eigenvalue weighted by atomic mass is 16.7. The molecule has 2 rings (SSSR count). The summed E-state index contributed by atoms with van der Waals surface area (Å²) >= 11 is 0. The van der Waals surface area contributed by atoms with E-state index in [4.69, 9.17) is 9.57 Å². The van der Waals surface area contributed by atoms with Gasteiger partial charge in [0.25, 0.3) is 0 Å². The molecule has 17 heavy (non-hydrogen) atoms. The van der Waals surface area contributed by atoms with Crippen molar-refractivity contribution < 1.29 is 9.57 Å². The molecule has 3 heteroatoms. The Balaban J connectivity index is 2.43. The number of allylic oxidation sites excluding steroid dienone is 1. The minimum atomic E-state index is -0.418. The second-order valence-corrected chi connectivity index (χ2v) is 7.63. The Morgan fingerprint density at radius 2 is 1.76 bits per heavy atom. The van der Waals surface area contributed by atoms with E-state index in [1.807, 2.05) is 0 Å². The van der Waals surface area contributed by atoms with Gasteiger partial charge in [-0.3, -0.25) is 4.84 Å². The predicted molar refractivity (Wildman–Crippen MR) is 68.1 cm³/mol. The monoisotopic (exact) mass is 239 g/mol. The van der Waals surface area contributed by atoms with Crippen LogP contribution in [0.15, 0.2) is 11.8 Å². The van der Waals surface area contributed by atoms with E-state index < -0.39 is 5.72 Å². The first-order valence-corrected chi connectivity index (χ1v) is 6.35. The number of rotatable bonds is 0. The fourth-order valence-corrected chi connectivity index (χ4v) is 2.34. The maximum absolute atomic E-state index is 6.28. The van der Waals surface area contributed by atoms with Crippen LogP contribution in [0.4, 0.5) is 0 Å². The molecule has 3 nitrogen and oxygen atoms in total. The zero-order valence-corrected chi connectivity index (χ0v) is 12.1. The lowest BCUT2D eigenvalue weighted by molar-refractivity contribution is -0.146. The lowest BCUT2D eigenvalue weighted by Gasteiger charge is -2.45. The van der Waals surface area contributed by atoms with Gasteiger partial charge in [-0.2, -0.15) is 5.48 Å². The van der Waals surface area contributed by atoms with E-state index in [1.165, 1.54) is 0 Å². The highest BCUT2D eigenvalue weighted by Gasteiger charge is 2.58. The standard InChI is InChI=1S/C14H25NO2/c1-11(2,3)10-8-13(7)9-14(16-10,15-17-13)12(4,5)6/h8,15H,9H2,1-7H3. The third-order valence-electron chi connectivity index (χ3n) is 3.72. The molecule has 0 aromatic rings. The number of hydroxylamine groups is 1. The third kappa shape index (κ3) is 2.00. The van der Waals surface area contributed by atoms with Gasteiger partial charge in [-0.05, 0) is 13.0 Å². The van der Waals surface area contributed by atoms with Crippen molar-refractivity contribution in [1.29, 1.82) is 0 Å². The second kappa shape index (κ2) is 3.27. The van der Waals surface area contributed by atoms with E-state index in [0.29, 0.717) is 0 Å². The van der Waals surface area contributed by atoms with Gasteiger partial charge in [-0.25, -0.2) is 0 Å². The van der Waals surface area contributed by atoms with Crippen LogP contribution in [0.2, 0.25) is 0 Å². The number of hydrogen-bond acceptors (Lipinski definition) is 3. The summed E-state index contributed by atoms with van der Waals surface area (Å²) < 4.78 is 6.28. The quantitative estimate of drug-likeness (QED) is 0.703. The Bertz CT molecular complexity index is 361. The molecule has 2 aliphatic heterocycles. The fourth-order valence-electron chi connectivity index (χ4n) is 2.34. The molecule has 0 aromatic heterocycles. The molecule has 1 fully saturated rings. The molecule has 2 atom stereocenters. The number of hydrogen-bond donors (Lipinski definition) is 1. The van der Waals surface area contributed by atoms with Gasteiger partial charge < -0.3 is 4.74 Å². The van der Waals surface area contributed by atoms with Crippen molar-refractivity contribution in [2.24, 2.45) is 10.8 Å². The van der Waals surface area contributed by atoms with Crippen molar-refractivity contribution in [1.82, 2.24) is 5.48 Å². The van der Waals surface area contributed by atoms with Gasteiger partial charge in [-0.1, -0.05) is 41.5 Å². The minimum Gasteiger partial charge on any atom is -0.474 e. The van der Waals surface area contributed by atoms with Crippen LogP contribution >= 0.6 is 0 Å². The Morgan fingerprint density at radius 1 is 1.18 bits per heavy atom. The molecule has 0 saturated carbocycles. The molecule has 1 saturated heterocycles. The summed E-state index contributed by atoms with van der Waals surface area (Å²) in [4.78, 5) is 5.77. The van der Waals surface area contributed by atoms with Gasteiger partial charge >= 0.3 is 0 Å². The molecule has 0 radical (unpaired) electrons. The Hall–Kier alpha value is -0.540. The predicted octanol–water partition coefficient (Wildman–Crippen LogP) is 3.37. The zero-order chi connectivity index (χ0) is 13.1. The van der Waals surface area contributed by atoms with E-state index in [9.17, 15) is 0 Å². The topological polar surface area (TPSA) is 30.5 Å². The van der Waals surface area contributed by atoms with Gasteiger partial charge in [0, 0.05) is 17.3 Å². The highest BCUT2D eigenvalue weighted by molar-refractivity contribution is 5.21. The zero-order valence-electron chi connectivity index (χ0n) is 12.1. The lowest BCUT2D eigenvalue weighted by atomic mass is 9.75. The normalized spacial score (nSPS) is 37.7. The molecule has 0 aliphatic carbocycles. The molecule has 2 aliphatic rings. The molecule has 1 N–H and O–H groups in total. The van der Waals surface area contributed by atoms with E-state index in [2.05, 4.69) is 60.0 Å². The molecule has 2 heterocycles. The number of ether oxygens (including phenoxy) is 1. The second-order valence-electron chi connectivity index (χ2n) is 7.63. The van der Waals surface area contributed by atoms with Crippen molar-refractivity contribution in [3.63, 3.8) is 0 Å². The largest absolute Gasteiger partial charge is 0.474 e. The molecule has 2 unspecified atom stereocenters. The maximum atomic E-state index is 6.28. The number of nitrogens with one attached hydrogen (secondary N) is 1. The average molecular weight is 239 g/mol. The van der Waals surface area contributed by atoms with Gasteiger partial charge in [-0.15, -0.1) is 0 Å². The van der Waals surface area contributed by atoms with Crippen molar-refractivity contribution in [3.05, 3.63) is 11.8 Å². The maximum Gasteiger partial charge on any atom is 0.189 e. The van der Waals surface area contributed by atoms with Crippen LogP contribution in [0.5, 0.6) is 0 Å².